The summed E-state index contributed by atoms with van der Waals surface area (Å²) in [6.07, 6.45) is 3.59. The third-order valence-corrected chi connectivity index (χ3v) is 7.61. The maximum absolute atomic E-state index is 13.3. The number of urea groups is 1. The summed E-state index contributed by atoms with van der Waals surface area (Å²) in [7, 11) is 0. The largest absolute Gasteiger partial charge is 0.480 e. The van der Waals surface area contributed by atoms with Crippen molar-refractivity contribution in [1.29, 1.82) is 0 Å². The van der Waals surface area contributed by atoms with Crippen LogP contribution in [0, 0.1) is 0 Å². The molecule has 0 aromatic heterocycles. The second kappa shape index (κ2) is 12.7. The number of thioether (sulfide) groups is 1. The number of carboxylic acids is 1. The number of anilines is 1. The van der Waals surface area contributed by atoms with Crippen LogP contribution in [0.25, 0.3) is 0 Å². The predicted molar refractivity (Wildman–Crippen MR) is 152 cm³/mol. The van der Waals surface area contributed by atoms with Crippen LogP contribution in [0.2, 0.25) is 0 Å². The molecular formula is C30H44N2O3S. The number of nitrogens with zero attached hydrogens (tertiary/aromatic N) is 1. The Kier molecular flexibility index (Phi) is 10.5. The number of benzene rings is 2. The van der Waals surface area contributed by atoms with Crippen molar-refractivity contribution in [3.63, 3.8) is 0 Å². The van der Waals surface area contributed by atoms with Crippen molar-refractivity contribution in [3.8, 4) is 0 Å². The van der Waals surface area contributed by atoms with Gasteiger partial charge in [-0.3, -0.25) is 4.79 Å². The molecule has 0 aliphatic heterocycles. The Balaban J connectivity index is 0.00000222. The van der Waals surface area contributed by atoms with Gasteiger partial charge in [-0.1, -0.05) is 66.2 Å². The minimum absolute atomic E-state index is 0.0589. The van der Waals surface area contributed by atoms with E-state index in [0.717, 1.165) is 36.3 Å². The number of unbranched alkanes of at least 4 members (excludes halogenated alkanes) is 1. The van der Waals surface area contributed by atoms with Crippen molar-refractivity contribution < 1.29 is 14.7 Å². The van der Waals surface area contributed by atoms with Crippen LogP contribution in [0.3, 0.4) is 0 Å². The smallest absolute Gasteiger partial charge is 0.322 e. The van der Waals surface area contributed by atoms with Gasteiger partial charge < -0.3 is 15.3 Å². The molecule has 36 heavy (non-hydrogen) atoms. The van der Waals surface area contributed by atoms with Gasteiger partial charge in [0, 0.05) is 23.2 Å². The van der Waals surface area contributed by atoms with Gasteiger partial charge in [-0.05, 0) is 79.5 Å². The van der Waals surface area contributed by atoms with Crippen LogP contribution in [-0.4, -0.2) is 39.3 Å². The number of nitrogens with one attached hydrogen (secondary N) is 1. The van der Waals surface area contributed by atoms with Gasteiger partial charge in [-0.15, -0.1) is 11.8 Å². The molecule has 1 aliphatic rings. The van der Waals surface area contributed by atoms with Crippen LogP contribution >= 0.6 is 11.8 Å². The van der Waals surface area contributed by atoms with Crippen LogP contribution in [0.4, 0.5) is 10.5 Å². The molecule has 2 N–H and O–H groups in total. The first-order valence-electron chi connectivity index (χ1n) is 13.1. The van der Waals surface area contributed by atoms with Crippen molar-refractivity contribution in [2.45, 2.75) is 102 Å². The molecule has 0 bridgehead atoms. The third kappa shape index (κ3) is 7.76. The van der Waals surface area contributed by atoms with Gasteiger partial charge in [0.25, 0.3) is 0 Å². The zero-order valence-corrected chi connectivity index (χ0v) is 24.1. The number of carboxylic acid groups (broad SMARTS) is 1. The van der Waals surface area contributed by atoms with Gasteiger partial charge in [0.05, 0.1) is 0 Å². The second-order valence-electron chi connectivity index (χ2n) is 10.7. The number of hydrogen-bond donors (Lipinski definition) is 2. The summed E-state index contributed by atoms with van der Waals surface area (Å²) in [6, 6.07) is 14.4. The van der Waals surface area contributed by atoms with Gasteiger partial charge >= 0.3 is 12.0 Å². The summed E-state index contributed by atoms with van der Waals surface area (Å²) in [5.74, 6) is -0.825. The van der Waals surface area contributed by atoms with Crippen LogP contribution in [-0.2, 0) is 23.1 Å². The number of rotatable bonds is 8. The van der Waals surface area contributed by atoms with Crippen LogP contribution in [0.15, 0.2) is 47.4 Å². The summed E-state index contributed by atoms with van der Waals surface area (Å²) in [5, 5.41) is 12.6. The normalized spacial score (nSPS) is 14.9. The third-order valence-electron chi connectivity index (χ3n) is 6.43. The lowest BCUT2D eigenvalue weighted by Crippen LogP contribution is -2.44. The van der Waals surface area contributed by atoms with E-state index in [9.17, 15) is 14.7 Å². The van der Waals surface area contributed by atoms with Gasteiger partial charge in [0.1, 0.15) is 4.75 Å². The van der Waals surface area contributed by atoms with E-state index in [1.165, 1.54) is 28.5 Å². The number of hydrogen-bond acceptors (Lipinski definition) is 3. The molecule has 5 nitrogen and oxygen atoms in total. The Morgan fingerprint density at radius 2 is 1.61 bits per heavy atom. The molecule has 1 atom stereocenters. The molecule has 198 valence electrons. The molecule has 0 heterocycles. The first-order valence-corrected chi connectivity index (χ1v) is 13.9. The minimum Gasteiger partial charge on any atom is -0.480 e. The molecule has 0 radical (unpaired) electrons. The molecule has 1 aliphatic carbocycles. The van der Waals surface area contributed by atoms with Crippen LogP contribution in [0.5, 0.6) is 0 Å². The molecular weight excluding hydrogens is 468 g/mol. The monoisotopic (exact) mass is 512 g/mol. The van der Waals surface area contributed by atoms with E-state index in [2.05, 4.69) is 57.3 Å². The molecule has 2 amide bonds. The number of carbonyl (C=O) groups excluding carboxylic acids is 1. The van der Waals surface area contributed by atoms with E-state index >= 15 is 0 Å². The molecule has 2 aromatic rings. The Morgan fingerprint density at radius 3 is 2.17 bits per heavy atom. The van der Waals surface area contributed by atoms with Crippen molar-refractivity contribution in [2.75, 3.05) is 11.9 Å². The van der Waals surface area contributed by atoms with Crippen LogP contribution in [0.1, 0.15) is 84.9 Å². The molecule has 1 unspecified atom stereocenters. The summed E-state index contributed by atoms with van der Waals surface area (Å²) in [4.78, 5) is 27.8. The SMILES string of the molecule is CC.CCCCN(C(=O)Nc1ccc(C(C)(C)C)cc1)C1Cc2ccc(SC(C)(C)C(=O)O)cc2C1. The Hall–Kier alpha value is -2.47. The van der Waals surface area contributed by atoms with Gasteiger partial charge in [0.15, 0.2) is 0 Å². The fourth-order valence-electron chi connectivity index (χ4n) is 4.22. The van der Waals surface area contributed by atoms with E-state index in [-0.39, 0.29) is 17.5 Å². The number of carbonyl (C=O) groups is 2. The lowest BCUT2D eigenvalue weighted by Gasteiger charge is -2.29. The highest BCUT2D eigenvalue weighted by atomic mass is 32.2. The fourth-order valence-corrected chi connectivity index (χ4v) is 5.23. The maximum Gasteiger partial charge on any atom is 0.322 e. The number of aliphatic carboxylic acids is 1. The lowest BCUT2D eigenvalue weighted by molar-refractivity contribution is -0.138. The highest BCUT2D eigenvalue weighted by Gasteiger charge is 2.32. The molecule has 0 saturated carbocycles. The highest BCUT2D eigenvalue weighted by Crippen LogP contribution is 2.36. The first-order chi connectivity index (χ1) is 16.9. The summed E-state index contributed by atoms with van der Waals surface area (Å²) < 4.78 is -0.887. The van der Waals surface area contributed by atoms with Crippen molar-refractivity contribution in [1.82, 2.24) is 4.90 Å². The Labute approximate surface area is 222 Å². The minimum atomic E-state index is -0.887. The molecule has 0 fully saturated rings. The summed E-state index contributed by atoms with van der Waals surface area (Å²) in [6.45, 7) is 16.8. The predicted octanol–water partition coefficient (Wildman–Crippen LogP) is 7.77. The van der Waals surface area contributed by atoms with Gasteiger partial charge in [-0.25, -0.2) is 4.79 Å². The number of fused-ring (bicyclic) bond motifs is 1. The average molecular weight is 513 g/mol. The second-order valence-corrected chi connectivity index (χ2v) is 12.4. The first kappa shape index (κ1) is 29.8. The lowest BCUT2D eigenvalue weighted by atomic mass is 9.87. The van der Waals surface area contributed by atoms with Gasteiger partial charge in [0.2, 0.25) is 0 Å². The molecule has 3 rings (SSSR count). The Morgan fingerprint density at radius 1 is 1.00 bits per heavy atom. The topological polar surface area (TPSA) is 69.6 Å². The molecule has 2 aromatic carbocycles. The van der Waals surface area contributed by atoms with Crippen molar-refractivity contribution in [2.24, 2.45) is 0 Å². The maximum atomic E-state index is 13.3. The van der Waals surface area contributed by atoms with Crippen molar-refractivity contribution >= 4 is 29.4 Å². The van der Waals surface area contributed by atoms with Crippen molar-refractivity contribution in [3.05, 3.63) is 59.2 Å². The molecule has 0 spiro atoms. The zero-order valence-electron chi connectivity index (χ0n) is 23.3. The van der Waals surface area contributed by atoms with E-state index in [4.69, 9.17) is 0 Å². The summed E-state index contributed by atoms with van der Waals surface area (Å²) >= 11 is 1.36. The average Bonchev–Trinajstić information content (AvgIpc) is 3.23. The van der Waals surface area contributed by atoms with E-state index in [1.54, 1.807) is 13.8 Å². The zero-order chi connectivity index (χ0) is 27.1. The Bertz CT molecular complexity index is 1030. The quantitative estimate of drug-likeness (QED) is 0.355. The highest BCUT2D eigenvalue weighted by molar-refractivity contribution is 8.01. The van der Waals surface area contributed by atoms with E-state index in [0.29, 0.717) is 6.54 Å². The molecule has 6 heteroatoms. The summed E-state index contributed by atoms with van der Waals surface area (Å²) in [5.41, 5.74) is 4.57. The van der Waals surface area contributed by atoms with Gasteiger partial charge in [-0.2, -0.15) is 0 Å². The fraction of sp³-hybridized carbons (Fsp3) is 0.533. The van der Waals surface area contributed by atoms with Crippen LogP contribution < -0.4 is 5.32 Å². The molecule has 0 saturated heterocycles. The van der Waals surface area contributed by atoms with E-state index < -0.39 is 10.7 Å². The van der Waals surface area contributed by atoms with E-state index in [1.807, 2.05) is 36.9 Å². The standard InChI is InChI=1S/C28H38N2O3S.C2H6/c1-7-8-15-30(26(33)29-22-12-10-21(11-13-22)27(2,3)4)23-16-19-9-14-24(18-20(19)17-23)34-28(5,6)25(31)32;1-2/h9-14,18,23H,7-8,15-17H2,1-6H3,(H,29,33)(H,31,32);1-2H3. The number of amides is 2.